The van der Waals surface area contributed by atoms with Crippen LogP contribution in [-0.2, 0) is 6.54 Å². The zero-order valence-corrected chi connectivity index (χ0v) is 12.5. The van der Waals surface area contributed by atoms with Crippen LogP contribution in [0.3, 0.4) is 0 Å². The van der Waals surface area contributed by atoms with Gasteiger partial charge in [0, 0.05) is 32.2 Å². The maximum absolute atomic E-state index is 13.3. The predicted molar refractivity (Wildman–Crippen MR) is 83.9 cm³/mol. The monoisotopic (exact) mass is 304 g/mol. The molecule has 0 spiro atoms. The van der Waals surface area contributed by atoms with Crippen LogP contribution in [0.15, 0.2) is 48.5 Å². The van der Waals surface area contributed by atoms with Crippen LogP contribution < -0.4 is 5.32 Å². The van der Waals surface area contributed by atoms with Gasteiger partial charge in [0.15, 0.2) is 0 Å². The van der Waals surface area contributed by atoms with E-state index in [0.29, 0.717) is 6.04 Å². The molecule has 1 aliphatic rings. The number of hydrogen-bond donors (Lipinski definition) is 1. The Hall–Kier alpha value is -1.42. The van der Waals surface area contributed by atoms with Crippen LogP contribution in [-0.4, -0.2) is 24.5 Å². The minimum Gasteiger partial charge on any atom is -0.314 e. The van der Waals surface area contributed by atoms with Gasteiger partial charge in [0.1, 0.15) is 5.82 Å². The molecule has 1 heterocycles. The largest absolute Gasteiger partial charge is 0.314 e. The van der Waals surface area contributed by atoms with E-state index in [4.69, 9.17) is 11.6 Å². The quantitative estimate of drug-likeness (QED) is 0.931. The molecule has 0 saturated carbocycles. The fourth-order valence-corrected chi connectivity index (χ4v) is 3.02. The van der Waals surface area contributed by atoms with Crippen LogP contribution in [0.5, 0.6) is 0 Å². The second-order valence-corrected chi connectivity index (χ2v) is 5.76. The van der Waals surface area contributed by atoms with Crippen molar-refractivity contribution in [2.75, 3.05) is 19.6 Å². The standard InChI is InChI=1S/C17H18ClFN2/c18-15-10-13(6-7-16(15)19)12-21-9-8-20-11-17(21)14-4-2-1-3-5-14/h1-7,10,17,20H,8-9,11-12H2. The molecule has 2 nitrogen and oxygen atoms in total. The summed E-state index contributed by atoms with van der Waals surface area (Å²) in [5, 5.41) is 3.64. The van der Waals surface area contributed by atoms with E-state index in [9.17, 15) is 4.39 Å². The van der Waals surface area contributed by atoms with Crippen LogP contribution >= 0.6 is 11.6 Å². The fourth-order valence-electron chi connectivity index (χ4n) is 2.81. The molecular weight excluding hydrogens is 287 g/mol. The number of hydrogen-bond acceptors (Lipinski definition) is 2. The van der Waals surface area contributed by atoms with Gasteiger partial charge in [-0.1, -0.05) is 48.0 Å². The van der Waals surface area contributed by atoms with Crippen molar-refractivity contribution in [3.05, 3.63) is 70.5 Å². The maximum atomic E-state index is 13.3. The molecule has 0 amide bonds. The number of nitrogens with zero attached hydrogens (tertiary/aromatic N) is 1. The van der Waals surface area contributed by atoms with Crippen LogP contribution in [0.2, 0.25) is 5.02 Å². The van der Waals surface area contributed by atoms with E-state index in [-0.39, 0.29) is 10.8 Å². The molecule has 0 aromatic heterocycles. The van der Waals surface area contributed by atoms with E-state index < -0.39 is 0 Å². The Kier molecular flexibility index (Phi) is 4.54. The number of nitrogens with one attached hydrogen (secondary N) is 1. The summed E-state index contributed by atoms with van der Waals surface area (Å²) in [5.41, 5.74) is 2.35. The predicted octanol–water partition coefficient (Wildman–Crippen LogP) is 3.63. The van der Waals surface area contributed by atoms with Gasteiger partial charge in [0.2, 0.25) is 0 Å². The summed E-state index contributed by atoms with van der Waals surface area (Å²) in [6.45, 7) is 3.65. The molecule has 0 aliphatic carbocycles. The lowest BCUT2D eigenvalue weighted by atomic mass is 10.0. The molecule has 1 atom stereocenters. The van der Waals surface area contributed by atoms with Crippen molar-refractivity contribution in [3.8, 4) is 0 Å². The highest BCUT2D eigenvalue weighted by atomic mass is 35.5. The van der Waals surface area contributed by atoms with Crippen molar-refractivity contribution >= 4 is 11.6 Å². The van der Waals surface area contributed by atoms with E-state index in [1.54, 1.807) is 6.07 Å². The van der Waals surface area contributed by atoms with Gasteiger partial charge >= 0.3 is 0 Å². The Bertz CT molecular complexity index is 603. The Balaban J connectivity index is 1.79. The van der Waals surface area contributed by atoms with Crippen LogP contribution in [0.1, 0.15) is 17.2 Å². The summed E-state index contributed by atoms with van der Waals surface area (Å²) in [4.78, 5) is 2.41. The molecule has 0 bridgehead atoms. The SMILES string of the molecule is Fc1ccc(CN2CCNCC2c2ccccc2)cc1Cl. The zero-order chi connectivity index (χ0) is 14.7. The minimum absolute atomic E-state index is 0.193. The maximum Gasteiger partial charge on any atom is 0.141 e. The third-order valence-corrected chi connectivity index (χ3v) is 4.20. The minimum atomic E-state index is -0.361. The molecule has 0 radical (unpaired) electrons. The Morgan fingerprint density at radius 2 is 2.00 bits per heavy atom. The van der Waals surface area contributed by atoms with Gasteiger partial charge in [-0.05, 0) is 23.3 Å². The van der Waals surface area contributed by atoms with Gasteiger partial charge < -0.3 is 5.32 Å². The lowest BCUT2D eigenvalue weighted by molar-refractivity contribution is 0.153. The fraction of sp³-hybridized carbons (Fsp3) is 0.294. The third-order valence-electron chi connectivity index (χ3n) is 3.91. The van der Waals surface area contributed by atoms with Crippen LogP contribution in [0.4, 0.5) is 4.39 Å². The van der Waals surface area contributed by atoms with Crippen molar-refractivity contribution < 1.29 is 4.39 Å². The first kappa shape index (κ1) is 14.5. The summed E-state index contributed by atoms with van der Waals surface area (Å²) in [6, 6.07) is 15.8. The van der Waals surface area contributed by atoms with Gasteiger partial charge in [0.25, 0.3) is 0 Å². The first-order valence-corrected chi connectivity index (χ1v) is 7.55. The van der Waals surface area contributed by atoms with Crippen molar-refractivity contribution in [3.63, 3.8) is 0 Å². The van der Waals surface area contributed by atoms with Crippen LogP contribution in [0, 0.1) is 5.82 Å². The lowest BCUT2D eigenvalue weighted by Gasteiger charge is -2.36. The van der Waals surface area contributed by atoms with E-state index in [1.807, 2.05) is 12.1 Å². The van der Waals surface area contributed by atoms with Crippen molar-refractivity contribution in [1.82, 2.24) is 10.2 Å². The Morgan fingerprint density at radius 3 is 2.76 bits per heavy atom. The van der Waals surface area contributed by atoms with Gasteiger partial charge in [-0.15, -0.1) is 0 Å². The normalized spacial score (nSPS) is 19.6. The van der Waals surface area contributed by atoms with Gasteiger partial charge in [-0.25, -0.2) is 4.39 Å². The molecule has 110 valence electrons. The molecule has 1 fully saturated rings. The van der Waals surface area contributed by atoms with Gasteiger partial charge in [-0.3, -0.25) is 4.90 Å². The molecule has 3 rings (SSSR count). The Labute approximate surface area is 129 Å². The molecule has 1 saturated heterocycles. The highest BCUT2D eigenvalue weighted by molar-refractivity contribution is 6.30. The highest BCUT2D eigenvalue weighted by Crippen LogP contribution is 2.25. The topological polar surface area (TPSA) is 15.3 Å². The van der Waals surface area contributed by atoms with E-state index >= 15 is 0 Å². The number of piperazine rings is 1. The lowest BCUT2D eigenvalue weighted by Crippen LogP contribution is -2.45. The molecule has 21 heavy (non-hydrogen) atoms. The van der Waals surface area contributed by atoms with Crippen molar-refractivity contribution in [2.45, 2.75) is 12.6 Å². The zero-order valence-electron chi connectivity index (χ0n) is 11.7. The molecule has 2 aromatic carbocycles. The van der Waals surface area contributed by atoms with Crippen molar-refractivity contribution in [2.24, 2.45) is 0 Å². The first-order valence-electron chi connectivity index (χ1n) is 7.17. The summed E-state index contributed by atoms with van der Waals surface area (Å²) in [5.74, 6) is -0.361. The Morgan fingerprint density at radius 1 is 1.19 bits per heavy atom. The summed E-state index contributed by atoms with van der Waals surface area (Å²) >= 11 is 5.88. The second kappa shape index (κ2) is 6.56. The van der Waals surface area contributed by atoms with Crippen molar-refractivity contribution in [1.29, 1.82) is 0 Å². The second-order valence-electron chi connectivity index (χ2n) is 5.35. The number of benzene rings is 2. The van der Waals surface area contributed by atoms with Gasteiger partial charge in [0.05, 0.1) is 5.02 Å². The molecular formula is C17H18ClFN2. The third kappa shape index (κ3) is 3.43. The van der Waals surface area contributed by atoms with E-state index in [0.717, 1.165) is 31.7 Å². The first-order chi connectivity index (χ1) is 10.2. The summed E-state index contributed by atoms with van der Waals surface area (Å²) in [6.07, 6.45) is 0. The van der Waals surface area contributed by atoms with Gasteiger partial charge in [-0.2, -0.15) is 0 Å². The molecule has 1 aliphatic heterocycles. The van der Waals surface area contributed by atoms with E-state index in [2.05, 4.69) is 34.5 Å². The molecule has 4 heteroatoms. The summed E-state index contributed by atoms with van der Waals surface area (Å²) < 4.78 is 13.3. The highest BCUT2D eigenvalue weighted by Gasteiger charge is 2.23. The smallest absolute Gasteiger partial charge is 0.141 e. The number of halogens is 2. The van der Waals surface area contributed by atoms with Crippen LogP contribution in [0.25, 0.3) is 0 Å². The average Bonchev–Trinajstić information content (AvgIpc) is 2.52. The average molecular weight is 305 g/mol. The van der Waals surface area contributed by atoms with E-state index in [1.165, 1.54) is 11.6 Å². The molecule has 2 aromatic rings. The molecule has 1 N–H and O–H groups in total. The summed E-state index contributed by atoms with van der Waals surface area (Å²) in [7, 11) is 0. The number of rotatable bonds is 3. The molecule has 1 unspecified atom stereocenters.